The lowest BCUT2D eigenvalue weighted by atomic mass is 9.96. The summed E-state index contributed by atoms with van der Waals surface area (Å²) in [4.78, 5) is 12.4. The highest BCUT2D eigenvalue weighted by Crippen LogP contribution is 2.31. The van der Waals surface area contributed by atoms with Gasteiger partial charge >= 0.3 is 0 Å². The number of nitrogens with one attached hydrogen (secondary N) is 2. The van der Waals surface area contributed by atoms with Crippen LogP contribution < -0.4 is 16.4 Å². The highest BCUT2D eigenvalue weighted by molar-refractivity contribution is 7.18. The third kappa shape index (κ3) is 3.16. The Morgan fingerprint density at radius 2 is 2.17 bits per heavy atom. The first-order valence-corrected chi connectivity index (χ1v) is 7.46. The quantitative estimate of drug-likeness (QED) is 0.786. The van der Waals surface area contributed by atoms with Gasteiger partial charge < -0.3 is 16.4 Å². The van der Waals surface area contributed by atoms with Gasteiger partial charge in [-0.1, -0.05) is 19.3 Å². The minimum absolute atomic E-state index is 0.0725. The third-order valence-corrected chi connectivity index (χ3v) is 4.34. The molecule has 18 heavy (non-hydrogen) atoms. The molecule has 1 aromatic rings. The number of nitrogens with two attached hydrogens (primary N) is 1. The molecule has 1 heterocycles. The van der Waals surface area contributed by atoms with E-state index in [1.54, 1.807) is 0 Å². The van der Waals surface area contributed by atoms with Crippen LogP contribution in [0, 0.1) is 0 Å². The molecule has 1 aliphatic carbocycles. The van der Waals surface area contributed by atoms with Crippen molar-refractivity contribution in [2.45, 2.75) is 45.1 Å². The zero-order valence-electron chi connectivity index (χ0n) is 10.8. The molecule has 0 atom stereocenters. The van der Waals surface area contributed by atoms with Gasteiger partial charge in [0.05, 0.1) is 10.7 Å². The lowest BCUT2D eigenvalue weighted by molar-refractivity contribution is 0.0960. The van der Waals surface area contributed by atoms with Crippen molar-refractivity contribution in [3.05, 3.63) is 10.9 Å². The van der Waals surface area contributed by atoms with Gasteiger partial charge in [0.25, 0.3) is 5.91 Å². The van der Waals surface area contributed by atoms with E-state index >= 15 is 0 Å². The maximum atomic E-state index is 11.8. The van der Waals surface area contributed by atoms with Crippen LogP contribution in [0.5, 0.6) is 0 Å². The van der Waals surface area contributed by atoms with Crippen molar-refractivity contribution in [3.63, 3.8) is 0 Å². The van der Waals surface area contributed by atoms with Crippen molar-refractivity contribution in [2.75, 3.05) is 17.6 Å². The van der Waals surface area contributed by atoms with Gasteiger partial charge in [0.2, 0.25) is 0 Å². The minimum Gasteiger partial charge on any atom is -0.397 e. The standard InChI is InChI=1S/C13H21N3OS/c1-2-15-13(17)12-10(14)8-11(18-12)16-9-6-4-3-5-7-9/h8-9,16H,2-7,14H2,1H3,(H,15,17). The van der Waals surface area contributed by atoms with Gasteiger partial charge in [-0.25, -0.2) is 0 Å². The number of rotatable bonds is 4. The third-order valence-electron chi connectivity index (χ3n) is 3.26. The van der Waals surface area contributed by atoms with E-state index < -0.39 is 0 Å². The second-order valence-corrected chi connectivity index (χ2v) is 5.79. The van der Waals surface area contributed by atoms with Crippen LogP contribution in [-0.2, 0) is 0 Å². The Kier molecular flexibility index (Phi) is 4.47. The number of nitrogen functional groups attached to an aromatic ring is 1. The average molecular weight is 267 g/mol. The fourth-order valence-electron chi connectivity index (χ4n) is 2.34. The largest absolute Gasteiger partial charge is 0.397 e. The molecule has 0 unspecified atom stereocenters. The molecule has 0 bridgehead atoms. The van der Waals surface area contributed by atoms with E-state index in [0.29, 0.717) is 23.2 Å². The van der Waals surface area contributed by atoms with Crippen LogP contribution >= 0.6 is 11.3 Å². The molecule has 1 saturated carbocycles. The minimum atomic E-state index is -0.0725. The first-order chi connectivity index (χ1) is 8.70. The van der Waals surface area contributed by atoms with Gasteiger partial charge in [-0.2, -0.15) is 0 Å². The van der Waals surface area contributed by atoms with E-state index in [4.69, 9.17) is 5.73 Å². The number of hydrogen-bond donors (Lipinski definition) is 3. The van der Waals surface area contributed by atoms with Crippen LogP contribution in [0.25, 0.3) is 0 Å². The SMILES string of the molecule is CCNC(=O)c1sc(NC2CCCCC2)cc1N. The van der Waals surface area contributed by atoms with E-state index in [2.05, 4.69) is 10.6 Å². The fraction of sp³-hybridized carbons (Fsp3) is 0.615. The molecule has 0 aliphatic heterocycles. The number of thiophene rings is 1. The summed E-state index contributed by atoms with van der Waals surface area (Å²) < 4.78 is 0. The normalized spacial score (nSPS) is 16.5. The summed E-state index contributed by atoms with van der Waals surface area (Å²) in [6.07, 6.45) is 6.36. The van der Waals surface area contributed by atoms with Gasteiger partial charge in [-0.05, 0) is 25.8 Å². The molecule has 5 heteroatoms. The van der Waals surface area contributed by atoms with Gasteiger partial charge in [-0.15, -0.1) is 11.3 Å². The molecule has 1 amide bonds. The summed E-state index contributed by atoms with van der Waals surface area (Å²) >= 11 is 1.45. The van der Waals surface area contributed by atoms with Crippen LogP contribution in [0.2, 0.25) is 0 Å². The molecule has 4 N–H and O–H groups in total. The summed E-state index contributed by atoms with van der Waals surface area (Å²) in [6.45, 7) is 2.53. The molecule has 0 saturated heterocycles. The zero-order valence-corrected chi connectivity index (χ0v) is 11.6. The molecular weight excluding hydrogens is 246 g/mol. The van der Waals surface area contributed by atoms with E-state index in [0.717, 1.165) is 5.00 Å². The molecule has 2 rings (SSSR count). The number of amides is 1. The highest BCUT2D eigenvalue weighted by atomic mass is 32.1. The molecule has 1 aromatic heterocycles. The predicted molar refractivity (Wildman–Crippen MR) is 77.2 cm³/mol. The maximum absolute atomic E-state index is 11.8. The topological polar surface area (TPSA) is 67.2 Å². The van der Waals surface area contributed by atoms with Crippen LogP contribution in [-0.4, -0.2) is 18.5 Å². The van der Waals surface area contributed by atoms with Crippen LogP contribution in [0.15, 0.2) is 6.07 Å². The van der Waals surface area contributed by atoms with Crippen molar-refractivity contribution in [1.82, 2.24) is 5.32 Å². The van der Waals surface area contributed by atoms with Gasteiger partial charge in [-0.3, -0.25) is 4.79 Å². The maximum Gasteiger partial charge on any atom is 0.263 e. The molecule has 1 fully saturated rings. The lowest BCUT2D eigenvalue weighted by Crippen LogP contribution is -2.22. The summed E-state index contributed by atoms with van der Waals surface area (Å²) in [5.41, 5.74) is 6.46. The average Bonchev–Trinajstić information content (AvgIpc) is 2.72. The monoisotopic (exact) mass is 267 g/mol. The number of anilines is 2. The Morgan fingerprint density at radius 1 is 1.44 bits per heavy atom. The van der Waals surface area contributed by atoms with E-state index in [9.17, 15) is 4.79 Å². The molecule has 0 aromatic carbocycles. The Balaban J connectivity index is 2.01. The van der Waals surface area contributed by atoms with Crippen LogP contribution in [0.3, 0.4) is 0 Å². The van der Waals surface area contributed by atoms with Crippen molar-refractivity contribution in [2.24, 2.45) is 0 Å². The molecule has 1 aliphatic rings. The Morgan fingerprint density at radius 3 is 2.83 bits per heavy atom. The van der Waals surface area contributed by atoms with Gasteiger partial charge in [0.1, 0.15) is 4.88 Å². The molecule has 0 spiro atoms. The summed E-state index contributed by atoms with van der Waals surface area (Å²) in [5, 5.41) is 7.30. The van der Waals surface area contributed by atoms with E-state index in [1.165, 1.54) is 43.4 Å². The smallest absolute Gasteiger partial charge is 0.263 e. The highest BCUT2D eigenvalue weighted by Gasteiger charge is 2.17. The van der Waals surface area contributed by atoms with Crippen molar-refractivity contribution >= 4 is 27.9 Å². The summed E-state index contributed by atoms with van der Waals surface area (Å²) in [6, 6.07) is 2.42. The Hall–Kier alpha value is -1.23. The van der Waals surface area contributed by atoms with Crippen molar-refractivity contribution < 1.29 is 4.79 Å². The summed E-state index contributed by atoms with van der Waals surface area (Å²) in [7, 11) is 0. The predicted octanol–water partition coefficient (Wildman–Crippen LogP) is 2.82. The number of hydrogen-bond acceptors (Lipinski definition) is 4. The van der Waals surface area contributed by atoms with E-state index in [-0.39, 0.29) is 5.91 Å². The first kappa shape index (κ1) is 13.2. The van der Waals surface area contributed by atoms with Crippen LogP contribution in [0.1, 0.15) is 48.7 Å². The molecule has 0 radical (unpaired) electrons. The Labute approximate surface area is 112 Å². The van der Waals surface area contributed by atoms with Gasteiger partial charge in [0.15, 0.2) is 0 Å². The van der Waals surface area contributed by atoms with Crippen molar-refractivity contribution in [1.29, 1.82) is 0 Å². The Bertz CT molecular complexity index is 410. The fourth-order valence-corrected chi connectivity index (χ4v) is 3.32. The van der Waals surface area contributed by atoms with Crippen molar-refractivity contribution in [3.8, 4) is 0 Å². The number of carbonyl (C=O) groups excluding carboxylic acids is 1. The zero-order chi connectivity index (χ0) is 13.0. The first-order valence-electron chi connectivity index (χ1n) is 6.64. The second-order valence-electron chi connectivity index (χ2n) is 4.73. The molecule has 4 nitrogen and oxygen atoms in total. The summed E-state index contributed by atoms with van der Waals surface area (Å²) in [5.74, 6) is -0.0725. The number of carbonyl (C=O) groups is 1. The van der Waals surface area contributed by atoms with Crippen LogP contribution in [0.4, 0.5) is 10.7 Å². The second kappa shape index (κ2) is 6.09. The van der Waals surface area contributed by atoms with E-state index in [1.807, 2.05) is 13.0 Å². The van der Waals surface area contributed by atoms with Gasteiger partial charge in [0, 0.05) is 12.6 Å². The lowest BCUT2D eigenvalue weighted by Gasteiger charge is -2.22. The molecule has 100 valence electrons. The molecular formula is C13H21N3OS.